The Balaban J connectivity index is 2.35. The predicted molar refractivity (Wildman–Crippen MR) is 54.7 cm³/mol. The van der Waals surface area contributed by atoms with Gasteiger partial charge in [0, 0.05) is 12.1 Å². The summed E-state index contributed by atoms with van der Waals surface area (Å²) in [6.07, 6.45) is 5.83. The van der Waals surface area contributed by atoms with E-state index in [1.165, 1.54) is 0 Å². The molecule has 3 atom stereocenters. The van der Waals surface area contributed by atoms with Crippen LogP contribution in [0.15, 0.2) is 12.3 Å². The zero-order chi connectivity index (χ0) is 10.6. The summed E-state index contributed by atoms with van der Waals surface area (Å²) in [5.74, 6) is -0.362. The lowest BCUT2D eigenvalue weighted by Gasteiger charge is -2.28. The maximum Gasteiger partial charge on any atom is 0.304 e. The number of nitrogens with two attached hydrogens (primary N) is 1. The first-order valence-corrected chi connectivity index (χ1v) is 4.98. The smallest absolute Gasteiger partial charge is 0.304 e. The van der Waals surface area contributed by atoms with Crippen LogP contribution in [0.25, 0.3) is 0 Å². The lowest BCUT2D eigenvalue weighted by atomic mass is 9.88. The van der Waals surface area contributed by atoms with Crippen molar-refractivity contribution in [3.8, 4) is 0 Å². The Morgan fingerprint density at radius 2 is 2.50 bits per heavy atom. The average Bonchev–Trinajstić information content (AvgIpc) is 2.07. The summed E-state index contributed by atoms with van der Waals surface area (Å²) in [7, 11) is 0. The molecule has 0 saturated carbocycles. The van der Waals surface area contributed by atoms with Gasteiger partial charge in [-0.15, -0.1) is 0 Å². The molecule has 0 radical (unpaired) electrons. The van der Waals surface area contributed by atoms with Gasteiger partial charge in [0.2, 0.25) is 0 Å². The number of hydrogen-bond acceptors (Lipinski definition) is 3. The Kier molecular flexibility index (Phi) is 3.95. The zero-order valence-electron chi connectivity index (χ0n) is 8.44. The molecule has 1 aliphatic heterocycles. The van der Waals surface area contributed by atoms with Crippen molar-refractivity contribution >= 4 is 5.97 Å². The number of allylic oxidation sites excluding steroid dienone is 1. The third-order valence-corrected chi connectivity index (χ3v) is 2.67. The molecule has 0 aliphatic carbocycles. The topological polar surface area (TPSA) is 75.3 Å². The number of nitrogens with one attached hydrogen (secondary N) is 1. The summed E-state index contributed by atoms with van der Waals surface area (Å²) in [5.41, 5.74) is 5.73. The molecule has 4 N–H and O–H groups in total. The van der Waals surface area contributed by atoms with Crippen molar-refractivity contribution in [2.45, 2.75) is 38.3 Å². The van der Waals surface area contributed by atoms with Crippen LogP contribution < -0.4 is 11.1 Å². The standard InChI is InChI=1S/C10H18N2O2/c1-7-8(3-2-4-12-7)5-9(11)6-10(13)14/h2,4,7-9,12H,3,5-6,11H2,1H3,(H,13,14)/t7-,8?,9+/m0/s1. The van der Waals surface area contributed by atoms with Crippen molar-refractivity contribution in [3.63, 3.8) is 0 Å². The maximum atomic E-state index is 10.4. The summed E-state index contributed by atoms with van der Waals surface area (Å²) >= 11 is 0. The van der Waals surface area contributed by atoms with E-state index < -0.39 is 5.97 Å². The Labute approximate surface area is 84.2 Å². The first kappa shape index (κ1) is 11.0. The number of rotatable bonds is 4. The predicted octanol–water partition coefficient (Wildman–Crippen LogP) is 0.690. The second kappa shape index (κ2) is 5.00. The Hall–Kier alpha value is -1.03. The van der Waals surface area contributed by atoms with Crippen LogP contribution in [0.5, 0.6) is 0 Å². The monoisotopic (exact) mass is 198 g/mol. The minimum atomic E-state index is -0.815. The highest BCUT2D eigenvalue weighted by atomic mass is 16.4. The van der Waals surface area contributed by atoms with E-state index in [9.17, 15) is 4.79 Å². The third-order valence-electron chi connectivity index (χ3n) is 2.67. The number of carboxylic acids is 1. The molecule has 14 heavy (non-hydrogen) atoms. The van der Waals surface area contributed by atoms with Gasteiger partial charge < -0.3 is 16.2 Å². The van der Waals surface area contributed by atoms with E-state index in [0.29, 0.717) is 12.0 Å². The molecule has 0 fully saturated rings. The second-order valence-electron chi connectivity index (χ2n) is 3.95. The van der Waals surface area contributed by atoms with Gasteiger partial charge >= 0.3 is 5.97 Å². The molecule has 80 valence electrons. The fourth-order valence-corrected chi connectivity index (χ4v) is 1.80. The number of hydrogen-bond donors (Lipinski definition) is 3. The van der Waals surface area contributed by atoms with Gasteiger partial charge in [-0.2, -0.15) is 0 Å². The normalized spacial score (nSPS) is 28.1. The van der Waals surface area contributed by atoms with Gasteiger partial charge in [-0.1, -0.05) is 6.08 Å². The summed E-state index contributed by atoms with van der Waals surface area (Å²) < 4.78 is 0. The molecule has 0 saturated heterocycles. The second-order valence-corrected chi connectivity index (χ2v) is 3.95. The lowest BCUT2D eigenvalue weighted by Crippen LogP contribution is -2.37. The van der Waals surface area contributed by atoms with E-state index in [1.54, 1.807) is 0 Å². The van der Waals surface area contributed by atoms with Gasteiger partial charge in [0.25, 0.3) is 0 Å². The van der Waals surface area contributed by atoms with E-state index in [4.69, 9.17) is 10.8 Å². The van der Waals surface area contributed by atoms with Gasteiger partial charge in [0.1, 0.15) is 0 Å². The molecule has 1 aliphatic rings. The van der Waals surface area contributed by atoms with Gasteiger partial charge in [-0.05, 0) is 31.9 Å². The molecule has 0 bridgehead atoms. The molecular formula is C10H18N2O2. The molecule has 1 rings (SSSR count). The van der Waals surface area contributed by atoms with E-state index in [2.05, 4.69) is 18.3 Å². The molecular weight excluding hydrogens is 180 g/mol. The molecule has 1 heterocycles. The summed E-state index contributed by atoms with van der Waals surface area (Å²) in [5, 5.41) is 11.8. The van der Waals surface area contributed by atoms with E-state index in [1.807, 2.05) is 6.20 Å². The first-order chi connectivity index (χ1) is 6.59. The van der Waals surface area contributed by atoms with Gasteiger partial charge in [0.05, 0.1) is 6.42 Å². The number of carbonyl (C=O) groups is 1. The molecule has 0 spiro atoms. The van der Waals surface area contributed by atoms with Crippen LogP contribution in [-0.4, -0.2) is 23.2 Å². The molecule has 0 aromatic rings. The van der Waals surface area contributed by atoms with Gasteiger partial charge in [-0.25, -0.2) is 0 Å². The Morgan fingerprint density at radius 3 is 3.07 bits per heavy atom. The Morgan fingerprint density at radius 1 is 1.79 bits per heavy atom. The summed E-state index contributed by atoms with van der Waals surface area (Å²) in [6, 6.07) is 0.160. The summed E-state index contributed by atoms with van der Waals surface area (Å²) in [4.78, 5) is 10.4. The van der Waals surface area contributed by atoms with Crippen LogP contribution in [0, 0.1) is 5.92 Å². The minimum absolute atomic E-state index is 0.0624. The zero-order valence-corrected chi connectivity index (χ0v) is 8.44. The number of aliphatic carboxylic acids is 1. The SMILES string of the molecule is C[C@@H]1NC=CCC1C[C@@H](N)CC(=O)O. The van der Waals surface area contributed by atoms with Crippen LogP contribution in [0.1, 0.15) is 26.2 Å². The van der Waals surface area contributed by atoms with Crippen LogP contribution >= 0.6 is 0 Å². The highest BCUT2D eigenvalue weighted by Gasteiger charge is 2.21. The maximum absolute atomic E-state index is 10.4. The fraction of sp³-hybridized carbons (Fsp3) is 0.700. The molecule has 4 nitrogen and oxygen atoms in total. The van der Waals surface area contributed by atoms with Crippen molar-refractivity contribution < 1.29 is 9.90 Å². The lowest BCUT2D eigenvalue weighted by molar-refractivity contribution is -0.137. The number of carboxylic acid groups (broad SMARTS) is 1. The summed E-state index contributed by atoms with van der Waals surface area (Å²) in [6.45, 7) is 2.10. The van der Waals surface area contributed by atoms with E-state index >= 15 is 0 Å². The Bertz CT molecular complexity index is 228. The van der Waals surface area contributed by atoms with Crippen molar-refractivity contribution in [2.75, 3.05) is 0 Å². The minimum Gasteiger partial charge on any atom is -0.481 e. The highest BCUT2D eigenvalue weighted by molar-refractivity contribution is 5.67. The van der Waals surface area contributed by atoms with Crippen molar-refractivity contribution in [2.24, 2.45) is 11.7 Å². The molecule has 0 aromatic heterocycles. The van der Waals surface area contributed by atoms with Gasteiger partial charge in [0.15, 0.2) is 0 Å². The molecule has 4 heteroatoms. The largest absolute Gasteiger partial charge is 0.481 e. The van der Waals surface area contributed by atoms with Crippen molar-refractivity contribution in [3.05, 3.63) is 12.3 Å². The molecule has 0 aromatic carbocycles. The average molecular weight is 198 g/mol. The molecule has 1 unspecified atom stereocenters. The van der Waals surface area contributed by atoms with Crippen LogP contribution in [0.3, 0.4) is 0 Å². The van der Waals surface area contributed by atoms with Crippen LogP contribution in [0.2, 0.25) is 0 Å². The third kappa shape index (κ3) is 3.38. The van der Waals surface area contributed by atoms with Crippen LogP contribution in [0.4, 0.5) is 0 Å². The quantitative estimate of drug-likeness (QED) is 0.621. The van der Waals surface area contributed by atoms with E-state index in [0.717, 1.165) is 12.8 Å². The van der Waals surface area contributed by atoms with Gasteiger partial charge in [-0.3, -0.25) is 4.79 Å². The molecule has 0 amide bonds. The van der Waals surface area contributed by atoms with E-state index in [-0.39, 0.29) is 12.5 Å². The van der Waals surface area contributed by atoms with Crippen molar-refractivity contribution in [1.29, 1.82) is 0 Å². The van der Waals surface area contributed by atoms with Crippen LogP contribution in [-0.2, 0) is 4.79 Å². The fourth-order valence-electron chi connectivity index (χ4n) is 1.80. The van der Waals surface area contributed by atoms with Crippen molar-refractivity contribution in [1.82, 2.24) is 5.32 Å². The first-order valence-electron chi connectivity index (χ1n) is 4.98. The highest BCUT2D eigenvalue weighted by Crippen LogP contribution is 2.19.